The molecule has 0 N–H and O–H groups in total. The van der Waals surface area contributed by atoms with Gasteiger partial charge in [-0.25, -0.2) is 0 Å². The minimum atomic E-state index is -0.233. The summed E-state index contributed by atoms with van der Waals surface area (Å²) >= 11 is 5.76. The average Bonchev–Trinajstić information content (AvgIpc) is 3.93. The molecule has 5 heterocycles. The minimum absolute atomic E-state index is 0.0727. The van der Waals surface area contributed by atoms with Gasteiger partial charge in [0.2, 0.25) is 0 Å². The molecule has 3 aliphatic heterocycles. The van der Waals surface area contributed by atoms with Gasteiger partial charge in [-0.05, 0) is 86.6 Å². The Kier molecular flexibility index (Phi) is 6.37. The monoisotopic (exact) mass is 828 g/mol. The van der Waals surface area contributed by atoms with E-state index < -0.39 is 0 Å². The molecule has 0 saturated carbocycles. The van der Waals surface area contributed by atoms with Gasteiger partial charge in [0.05, 0.1) is 15.7 Å². The van der Waals surface area contributed by atoms with Crippen molar-refractivity contribution < 1.29 is 0 Å². The number of fused-ring (bicyclic) bond motifs is 18. The van der Waals surface area contributed by atoms with Crippen LogP contribution in [0.15, 0.2) is 183 Å². The maximum Gasteiger partial charge on any atom is 0.333 e. The standard InChI is InChI=1S/C55H33BN2S3/c1-55(2)40-19-7-5-15-32(40)38-27-39-37-28-47-48(60-46-24-10-9-23-45(46)59-47)29-43(37)58(42-21-12-18-36-33-16-6-8-22-44(33)61-54(36)42)56-41-20-11-17-34-35-26-25-30-13-3-4-14-31(30)51(35)57(52(34)41)53(49(38)55)50(39)56/h3-29H,1-2H3. The molecule has 0 amide bonds. The van der Waals surface area contributed by atoms with Gasteiger partial charge in [0.25, 0.3) is 0 Å². The van der Waals surface area contributed by atoms with Crippen molar-refractivity contribution in [3.8, 4) is 27.9 Å². The van der Waals surface area contributed by atoms with Crippen LogP contribution in [-0.2, 0) is 5.41 Å². The quantitative estimate of drug-likeness (QED) is 0.152. The summed E-state index contributed by atoms with van der Waals surface area (Å²) in [6.07, 6.45) is 0. The highest BCUT2D eigenvalue weighted by atomic mass is 32.2. The molecule has 11 aromatic rings. The predicted molar refractivity (Wildman–Crippen MR) is 262 cm³/mol. The molecule has 0 fully saturated rings. The van der Waals surface area contributed by atoms with Gasteiger partial charge in [-0.3, -0.25) is 0 Å². The van der Waals surface area contributed by atoms with Gasteiger partial charge in [-0.1, -0.05) is 159 Å². The fourth-order valence-electron chi connectivity index (χ4n) is 11.7. The SMILES string of the molecule is CC1(C)c2ccccc2-c2cc3c4c(c21)-n1c2c(cccc2c2ccc5ccccc5c21)B4N(c1cccc2c1sc1ccccc12)c1cc2c(cc1-3)Sc1ccccc1S2. The van der Waals surface area contributed by atoms with Crippen LogP contribution in [0.2, 0.25) is 0 Å². The van der Waals surface area contributed by atoms with Crippen molar-refractivity contribution in [3.05, 3.63) is 175 Å². The third kappa shape index (κ3) is 4.14. The third-order valence-electron chi connectivity index (χ3n) is 14.2. The van der Waals surface area contributed by atoms with Crippen molar-refractivity contribution >= 4 is 117 Å². The van der Waals surface area contributed by atoms with Crippen molar-refractivity contribution in [2.75, 3.05) is 4.81 Å². The Hall–Kier alpha value is -6.18. The summed E-state index contributed by atoms with van der Waals surface area (Å²) in [5, 5.41) is 7.84. The Morgan fingerprint density at radius 1 is 0.492 bits per heavy atom. The van der Waals surface area contributed by atoms with E-state index in [1.807, 2.05) is 34.9 Å². The highest BCUT2D eigenvalue weighted by Gasteiger charge is 2.49. The van der Waals surface area contributed by atoms with Crippen LogP contribution in [0.3, 0.4) is 0 Å². The Morgan fingerprint density at radius 3 is 2.08 bits per heavy atom. The van der Waals surface area contributed by atoms with Crippen molar-refractivity contribution in [1.29, 1.82) is 0 Å². The summed E-state index contributed by atoms with van der Waals surface area (Å²) in [4.78, 5) is 8.07. The Bertz CT molecular complexity index is 3840. The van der Waals surface area contributed by atoms with Gasteiger partial charge in [0.15, 0.2) is 0 Å². The number of thiophene rings is 1. The predicted octanol–water partition coefficient (Wildman–Crippen LogP) is 14.5. The Morgan fingerprint density at radius 2 is 1.20 bits per heavy atom. The molecule has 2 aromatic heterocycles. The molecule has 0 saturated heterocycles. The van der Waals surface area contributed by atoms with Gasteiger partial charge < -0.3 is 9.38 Å². The molecule has 1 aliphatic carbocycles. The topological polar surface area (TPSA) is 8.17 Å². The van der Waals surface area contributed by atoms with Gasteiger partial charge in [-0.15, -0.1) is 11.3 Å². The third-order valence-corrected chi connectivity index (χ3v) is 17.9. The lowest BCUT2D eigenvalue weighted by Crippen LogP contribution is -2.61. The van der Waals surface area contributed by atoms with E-state index in [4.69, 9.17) is 0 Å². The van der Waals surface area contributed by atoms with Crippen molar-refractivity contribution in [3.63, 3.8) is 0 Å². The van der Waals surface area contributed by atoms with Crippen molar-refractivity contribution in [1.82, 2.24) is 4.57 Å². The number of hydrogen-bond acceptors (Lipinski definition) is 4. The van der Waals surface area contributed by atoms with Crippen LogP contribution in [0.1, 0.15) is 25.0 Å². The zero-order chi connectivity index (χ0) is 39.9. The number of aromatic nitrogens is 1. The normalized spacial score (nSPS) is 15.0. The molecule has 0 radical (unpaired) electrons. The molecule has 0 spiro atoms. The van der Waals surface area contributed by atoms with Gasteiger partial charge in [0, 0.05) is 79.3 Å². The Balaban J connectivity index is 1.16. The molecule has 284 valence electrons. The number of para-hydroxylation sites is 1. The fourth-order valence-corrected chi connectivity index (χ4v) is 15.2. The molecule has 0 unspecified atom stereocenters. The minimum Gasteiger partial charge on any atom is -0.375 e. The summed E-state index contributed by atoms with van der Waals surface area (Å²) < 4.78 is 5.39. The fraction of sp³-hybridized carbons (Fsp3) is 0.0545. The van der Waals surface area contributed by atoms with Crippen LogP contribution in [0, 0.1) is 0 Å². The van der Waals surface area contributed by atoms with E-state index in [1.54, 1.807) is 0 Å². The second kappa shape index (κ2) is 11.6. The second-order valence-electron chi connectivity index (χ2n) is 17.5. The van der Waals surface area contributed by atoms with Crippen LogP contribution < -0.4 is 15.7 Å². The van der Waals surface area contributed by atoms with Gasteiger partial charge in [-0.2, -0.15) is 0 Å². The summed E-state index contributed by atoms with van der Waals surface area (Å²) in [6.45, 7) is 4.85. The van der Waals surface area contributed by atoms with Crippen LogP contribution >= 0.6 is 34.9 Å². The number of hydrogen-bond donors (Lipinski definition) is 0. The summed E-state index contributed by atoms with van der Waals surface area (Å²) in [6, 6.07) is 62.6. The molecular weight excluding hydrogens is 796 g/mol. The van der Waals surface area contributed by atoms with E-state index in [2.05, 4.69) is 187 Å². The van der Waals surface area contributed by atoms with E-state index in [0.717, 1.165) is 0 Å². The molecule has 6 heteroatoms. The smallest absolute Gasteiger partial charge is 0.333 e. The first kappa shape index (κ1) is 33.5. The zero-order valence-electron chi connectivity index (χ0n) is 33.3. The van der Waals surface area contributed by atoms with Crippen LogP contribution in [0.5, 0.6) is 0 Å². The van der Waals surface area contributed by atoms with Crippen LogP contribution in [0.25, 0.3) is 80.7 Å². The zero-order valence-corrected chi connectivity index (χ0v) is 35.7. The molecule has 4 aliphatic rings. The van der Waals surface area contributed by atoms with Crippen molar-refractivity contribution in [2.45, 2.75) is 38.8 Å². The van der Waals surface area contributed by atoms with Crippen molar-refractivity contribution in [2.24, 2.45) is 0 Å². The van der Waals surface area contributed by atoms with Crippen LogP contribution in [0.4, 0.5) is 11.4 Å². The Labute approximate surface area is 365 Å². The molecule has 9 aromatic carbocycles. The molecule has 15 rings (SSSR count). The molecule has 0 bridgehead atoms. The number of rotatable bonds is 1. The number of benzene rings is 9. The number of nitrogens with zero attached hydrogens (tertiary/aromatic N) is 2. The van der Waals surface area contributed by atoms with E-state index >= 15 is 0 Å². The largest absolute Gasteiger partial charge is 0.375 e. The molecule has 61 heavy (non-hydrogen) atoms. The van der Waals surface area contributed by atoms with E-state index in [0.29, 0.717) is 0 Å². The first-order chi connectivity index (χ1) is 30.0. The lowest BCUT2D eigenvalue weighted by Gasteiger charge is -2.44. The lowest BCUT2D eigenvalue weighted by molar-refractivity contribution is 0.657. The second-order valence-corrected chi connectivity index (χ2v) is 20.8. The van der Waals surface area contributed by atoms with E-state index in [1.165, 1.54) is 134 Å². The summed E-state index contributed by atoms with van der Waals surface area (Å²) in [5.41, 5.74) is 17.3. The summed E-state index contributed by atoms with van der Waals surface area (Å²) in [7, 11) is 0. The first-order valence-electron chi connectivity index (χ1n) is 21.1. The average molecular weight is 829 g/mol. The molecule has 2 nitrogen and oxygen atoms in total. The maximum absolute atomic E-state index is 2.76. The highest BCUT2D eigenvalue weighted by molar-refractivity contribution is 8.05. The maximum atomic E-state index is 2.76. The van der Waals surface area contributed by atoms with Gasteiger partial charge >= 0.3 is 6.85 Å². The lowest BCUT2D eigenvalue weighted by atomic mass is 9.43. The highest BCUT2D eigenvalue weighted by Crippen LogP contribution is 2.58. The first-order valence-corrected chi connectivity index (χ1v) is 23.6. The molecule has 0 atom stereocenters. The molecular formula is C55H33BN2S3. The van der Waals surface area contributed by atoms with Gasteiger partial charge in [0.1, 0.15) is 0 Å². The van der Waals surface area contributed by atoms with Crippen LogP contribution in [-0.4, -0.2) is 11.4 Å². The summed E-state index contributed by atoms with van der Waals surface area (Å²) in [5.74, 6) is 0. The van der Waals surface area contributed by atoms with E-state index in [9.17, 15) is 0 Å². The number of anilines is 2. The van der Waals surface area contributed by atoms with E-state index in [-0.39, 0.29) is 12.3 Å².